The Balaban J connectivity index is 1.78. The number of benzene rings is 2. The second-order valence-corrected chi connectivity index (χ2v) is 9.07. The van der Waals surface area contributed by atoms with Gasteiger partial charge in [-0.15, -0.1) is 0 Å². The van der Waals surface area contributed by atoms with Crippen LogP contribution >= 0.6 is 0 Å². The topological polar surface area (TPSA) is 54.9 Å². The Morgan fingerprint density at radius 1 is 1.10 bits per heavy atom. The summed E-state index contributed by atoms with van der Waals surface area (Å²) < 4.78 is 0.165. The van der Waals surface area contributed by atoms with Crippen molar-refractivity contribution in [1.82, 2.24) is 19.8 Å². The van der Waals surface area contributed by atoms with Gasteiger partial charge < -0.3 is 5.32 Å². The minimum atomic E-state index is -0.305. The predicted octanol–water partition coefficient (Wildman–Crippen LogP) is 5.29. The van der Waals surface area contributed by atoms with Crippen LogP contribution in [0.3, 0.4) is 0 Å². The van der Waals surface area contributed by atoms with Gasteiger partial charge >= 0.3 is 12.0 Å². The van der Waals surface area contributed by atoms with E-state index in [0.717, 1.165) is 30.6 Å². The van der Waals surface area contributed by atoms with Crippen molar-refractivity contribution in [3.05, 3.63) is 54.7 Å². The van der Waals surface area contributed by atoms with E-state index in [1.54, 1.807) is 6.20 Å². The molecule has 1 aliphatic rings. The fourth-order valence-corrected chi connectivity index (χ4v) is 4.24. The molecule has 150 valence electrons. The molecular weight excluding hydrogens is 360 g/mol. The summed E-state index contributed by atoms with van der Waals surface area (Å²) in [6.45, 7) is 8.88. The molecule has 2 heterocycles. The number of nitrogens with zero attached hydrogens (tertiary/aromatic N) is 3. The van der Waals surface area contributed by atoms with Gasteiger partial charge in [-0.1, -0.05) is 36.4 Å². The van der Waals surface area contributed by atoms with Crippen molar-refractivity contribution >= 4 is 22.8 Å². The first-order valence-electron chi connectivity index (χ1n) is 10.3. The lowest BCUT2D eigenvalue weighted by Crippen LogP contribution is -2.64. The van der Waals surface area contributed by atoms with E-state index in [1.165, 1.54) is 10.8 Å². The van der Waals surface area contributed by atoms with E-state index in [4.69, 9.17) is 4.98 Å². The summed E-state index contributed by atoms with van der Waals surface area (Å²) in [6, 6.07) is 16.7. The molecule has 5 heteroatoms. The zero-order chi connectivity index (χ0) is 20.6. The van der Waals surface area contributed by atoms with E-state index in [-0.39, 0.29) is 22.1 Å². The van der Waals surface area contributed by atoms with E-state index in [9.17, 15) is 4.79 Å². The lowest BCUT2D eigenvalue weighted by molar-refractivity contribution is 0.184. The average molecular weight is 390 g/mol. The molecule has 29 heavy (non-hydrogen) atoms. The van der Waals surface area contributed by atoms with E-state index in [0.29, 0.717) is 5.95 Å². The van der Waals surface area contributed by atoms with Gasteiger partial charge in [-0.05, 0) is 50.6 Å². The van der Waals surface area contributed by atoms with Gasteiger partial charge in [0.1, 0.15) is 6.04 Å². The number of amides is 2. The van der Waals surface area contributed by atoms with Crippen LogP contribution in [-0.2, 0) is 0 Å². The maximum atomic E-state index is 13.4. The molecule has 0 bridgehead atoms. The van der Waals surface area contributed by atoms with E-state index >= 15 is 0 Å². The molecule has 0 spiro atoms. The van der Waals surface area contributed by atoms with E-state index < -0.39 is 0 Å². The fraction of sp³-hybridized carbons (Fsp3) is 0.375. The number of nitrogens with one attached hydrogen (secondary N) is 1. The van der Waals surface area contributed by atoms with Crippen molar-refractivity contribution in [2.24, 2.45) is 0 Å². The summed E-state index contributed by atoms with van der Waals surface area (Å²) in [5, 5.41) is 5.54. The van der Waals surface area contributed by atoms with Crippen molar-refractivity contribution in [2.75, 3.05) is 6.54 Å². The Kier molecular flexibility index (Phi) is 4.87. The Morgan fingerprint density at radius 2 is 1.86 bits per heavy atom. The van der Waals surface area contributed by atoms with Crippen LogP contribution in [0.1, 0.15) is 40.5 Å². The first kappa shape index (κ1) is 19.5. The number of urea groups is 1. The number of quaternary nitrogens is 1. The number of likely N-dealkylation sites (tertiary alicyclic amines) is 1. The Labute approximate surface area is 172 Å². The Bertz CT molecular complexity index is 1060. The standard InChI is InChI=1S/C24H28N4O/c1-17-8-7-15-28(17,23(29)27-24(2,3)4)22-25-14-13-21(26-22)20-12-11-18-9-5-6-10-19(18)16-20/h5-6,9-14,16-17H,7-8,15H2,1-4H3/p+1/t17-,28?/m1/s1. The van der Waals surface area contributed by atoms with Crippen LogP contribution in [0.2, 0.25) is 0 Å². The quantitative estimate of drug-likeness (QED) is 0.606. The molecule has 2 aromatic carbocycles. The number of fused-ring (bicyclic) bond motifs is 1. The summed E-state index contributed by atoms with van der Waals surface area (Å²) in [4.78, 5) is 22.9. The van der Waals surface area contributed by atoms with Crippen LogP contribution in [0, 0.1) is 0 Å². The lowest BCUT2D eigenvalue weighted by Gasteiger charge is -2.35. The molecule has 1 fully saturated rings. The number of hydrogen-bond donors (Lipinski definition) is 1. The SMILES string of the molecule is C[C@@H]1CCC[N+]1(C(=O)NC(C)(C)C)c1nccc(-c2ccc3ccccc3c2)n1. The second-order valence-electron chi connectivity index (χ2n) is 9.07. The van der Waals surface area contributed by atoms with E-state index in [2.05, 4.69) is 47.6 Å². The maximum Gasteiger partial charge on any atom is 0.424 e. The predicted molar refractivity (Wildman–Crippen MR) is 119 cm³/mol. The molecule has 4 rings (SSSR count). The number of carbonyl (C=O) groups excluding carboxylic acids is 1. The fourth-order valence-electron chi connectivity index (χ4n) is 4.24. The monoisotopic (exact) mass is 389 g/mol. The van der Waals surface area contributed by atoms with Gasteiger partial charge in [-0.25, -0.2) is 4.79 Å². The largest absolute Gasteiger partial charge is 0.424 e. The highest BCUT2D eigenvalue weighted by atomic mass is 16.2. The zero-order valence-corrected chi connectivity index (χ0v) is 17.6. The normalized spacial score (nSPS) is 22.0. The van der Waals surface area contributed by atoms with Crippen LogP contribution in [0.5, 0.6) is 0 Å². The molecule has 0 radical (unpaired) electrons. The molecule has 5 nitrogen and oxygen atoms in total. The smallest absolute Gasteiger partial charge is 0.301 e. The maximum absolute atomic E-state index is 13.4. The first-order chi connectivity index (χ1) is 13.8. The highest BCUT2D eigenvalue weighted by molar-refractivity contribution is 5.88. The van der Waals surface area contributed by atoms with Crippen LogP contribution in [0.25, 0.3) is 22.0 Å². The minimum absolute atomic E-state index is 0.0156. The third-order valence-corrected chi connectivity index (χ3v) is 5.77. The molecule has 1 unspecified atom stereocenters. The molecule has 3 aromatic rings. The van der Waals surface area contributed by atoms with Crippen molar-refractivity contribution in [3.63, 3.8) is 0 Å². The summed E-state index contributed by atoms with van der Waals surface area (Å²) in [5.74, 6) is 0.586. The molecule has 1 aromatic heterocycles. The Hall–Kier alpha value is -2.79. The van der Waals surface area contributed by atoms with Crippen molar-refractivity contribution in [3.8, 4) is 11.3 Å². The van der Waals surface area contributed by atoms with Crippen molar-refractivity contribution in [1.29, 1.82) is 0 Å². The lowest BCUT2D eigenvalue weighted by atomic mass is 10.1. The highest BCUT2D eigenvalue weighted by Gasteiger charge is 2.51. The number of aromatic nitrogens is 2. The first-order valence-corrected chi connectivity index (χ1v) is 10.3. The zero-order valence-electron chi connectivity index (χ0n) is 17.6. The van der Waals surface area contributed by atoms with Gasteiger partial charge in [0.15, 0.2) is 0 Å². The summed E-state index contributed by atoms with van der Waals surface area (Å²) in [6.07, 6.45) is 3.76. The molecular formula is C24H29N4O+. The van der Waals surface area contributed by atoms with Gasteiger partial charge in [0.25, 0.3) is 0 Å². The Morgan fingerprint density at radius 3 is 2.55 bits per heavy atom. The van der Waals surface area contributed by atoms with Crippen LogP contribution in [-0.4, -0.2) is 34.1 Å². The molecule has 0 aliphatic carbocycles. The summed E-state index contributed by atoms with van der Waals surface area (Å²) in [7, 11) is 0. The average Bonchev–Trinajstić information content (AvgIpc) is 3.09. The van der Waals surface area contributed by atoms with Crippen molar-refractivity contribution < 1.29 is 4.79 Å². The van der Waals surface area contributed by atoms with Gasteiger partial charge in [-0.3, -0.25) is 0 Å². The van der Waals surface area contributed by atoms with Gasteiger partial charge in [0.2, 0.25) is 0 Å². The number of rotatable bonds is 2. The van der Waals surface area contributed by atoms with Crippen LogP contribution < -0.4 is 9.80 Å². The highest BCUT2D eigenvalue weighted by Crippen LogP contribution is 2.34. The molecule has 1 aliphatic heterocycles. The molecule has 2 amide bonds. The van der Waals surface area contributed by atoms with Gasteiger partial charge in [0.05, 0.1) is 12.2 Å². The summed E-state index contributed by atoms with van der Waals surface area (Å²) >= 11 is 0. The molecule has 2 atom stereocenters. The van der Waals surface area contributed by atoms with Gasteiger partial charge in [-0.2, -0.15) is 14.5 Å². The minimum Gasteiger partial charge on any atom is -0.301 e. The second kappa shape index (κ2) is 7.23. The van der Waals surface area contributed by atoms with Gasteiger partial charge in [0, 0.05) is 30.1 Å². The summed E-state index contributed by atoms with van der Waals surface area (Å²) in [5.41, 5.74) is 1.58. The molecule has 0 saturated carbocycles. The third kappa shape index (κ3) is 3.62. The van der Waals surface area contributed by atoms with Crippen molar-refractivity contribution in [2.45, 2.75) is 52.1 Å². The van der Waals surface area contributed by atoms with E-state index in [1.807, 2.05) is 39.0 Å². The van der Waals surface area contributed by atoms with Crippen LogP contribution in [0.15, 0.2) is 54.7 Å². The van der Waals surface area contributed by atoms with Crippen LogP contribution in [0.4, 0.5) is 10.7 Å². The number of carbonyl (C=O) groups is 1. The molecule has 1 saturated heterocycles. The third-order valence-electron chi connectivity index (χ3n) is 5.77. The number of hydrogen-bond acceptors (Lipinski definition) is 3. The molecule has 1 N–H and O–H groups in total.